The van der Waals surface area contributed by atoms with Crippen LogP contribution in [-0.2, 0) is 21.8 Å². The normalized spacial score (nSPS) is 10.4. The number of esters is 1. The first-order valence-corrected chi connectivity index (χ1v) is 8.60. The van der Waals surface area contributed by atoms with Crippen LogP contribution in [0.15, 0.2) is 41.0 Å². The van der Waals surface area contributed by atoms with Crippen molar-refractivity contribution >= 4 is 29.3 Å². The molecule has 1 heterocycles. The number of nitrogens with one attached hydrogen (secondary N) is 1. The molecule has 0 aliphatic carbocycles. The molecule has 0 fully saturated rings. The molecule has 0 spiro atoms. The summed E-state index contributed by atoms with van der Waals surface area (Å²) in [6.45, 7) is 0.256. The fourth-order valence-corrected chi connectivity index (χ4v) is 2.87. The molecule has 0 atom stereocenters. The third-order valence-electron chi connectivity index (χ3n) is 3.25. The maximum atomic E-state index is 12.2. The van der Waals surface area contributed by atoms with Crippen LogP contribution in [0.1, 0.15) is 28.1 Å². The van der Waals surface area contributed by atoms with Crippen molar-refractivity contribution in [2.75, 3.05) is 18.2 Å². The van der Waals surface area contributed by atoms with Gasteiger partial charge in [-0.05, 0) is 23.8 Å². The zero-order valence-electron chi connectivity index (χ0n) is 13.4. The van der Waals surface area contributed by atoms with Gasteiger partial charge in [-0.2, -0.15) is 11.8 Å². The number of carbonyl (C=O) groups is 2. The van der Waals surface area contributed by atoms with Crippen molar-refractivity contribution in [1.29, 1.82) is 0 Å². The number of amides is 1. The molecular formula is C17H20N2O4S. The highest BCUT2D eigenvalue weighted by Gasteiger charge is 2.10. The minimum Gasteiger partial charge on any atom is -0.469 e. The minimum absolute atomic E-state index is 0.208. The maximum absolute atomic E-state index is 12.2. The van der Waals surface area contributed by atoms with Gasteiger partial charge in [0.15, 0.2) is 0 Å². The SMILES string of the molecule is COC(=O)CCSCc1cccc(NC(=O)c2coc(CN)c2)c1. The Labute approximate surface area is 144 Å². The van der Waals surface area contributed by atoms with Crippen LogP contribution < -0.4 is 11.1 Å². The average molecular weight is 348 g/mol. The van der Waals surface area contributed by atoms with Crippen molar-refractivity contribution in [3.63, 3.8) is 0 Å². The van der Waals surface area contributed by atoms with Gasteiger partial charge >= 0.3 is 5.97 Å². The smallest absolute Gasteiger partial charge is 0.306 e. The summed E-state index contributed by atoms with van der Waals surface area (Å²) in [7, 11) is 1.38. The van der Waals surface area contributed by atoms with Crippen LogP contribution >= 0.6 is 11.8 Å². The molecule has 24 heavy (non-hydrogen) atoms. The standard InChI is InChI=1S/C17H20N2O4S/c1-22-16(20)5-6-24-11-12-3-2-4-14(7-12)19-17(21)13-8-15(9-18)23-10-13/h2-4,7-8,10H,5-6,9,11,18H2,1H3,(H,19,21). The van der Waals surface area contributed by atoms with E-state index in [1.165, 1.54) is 13.4 Å². The summed E-state index contributed by atoms with van der Waals surface area (Å²) in [6, 6.07) is 9.22. The van der Waals surface area contributed by atoms with Crippen molar-refractivity contribution < 1.29 is 18.7 Å². The highest BCUT2D eigenvalue weighted by atomic mass is 32.2. The van der Waals surface area contributed by atoms with E-state index in [2.05, 4.69) is 10.1 Å². The third kappa shape index (κ3) is 5.43. The fourth-order valence-electron chi connectivity index (χ4n) is 2.00. The summed E-state index contributed by atoms with van der Waals surface area (Å²) in [5.41, 5.74) is 7.68. The van der Waals surface area contributed by atoms with Gasteiger partial charge < -0.3 is 20.2 Å². The van der Waals surface area contributed by atoms with Crippen LogP contribution in [0.4, 0.5) is 5.69 Å². The van der Waals surface area contributed by atoms with Crippen LogP contribution in [0.5, 0.6) is 0 Å². The topological polar surface area (TPSA) is 94.6 Å². The van der Waals surface area contributed by atoms with Gasteiger partial charge in [0.05, 0.1) is 25.6 Å². The number of hydrogen-bond acceptors (Lipinski definition) is 6. The summed E-state index contributed by atoms with van der Waals surface area (Å²) in [5.74, 6) is 1.56. The van der Waals surface area contributed by atoms with Crippen molar-refractivity contribution in [1.82, 2.24) is 0 Å². The van der Waals surface area contributed by atoms with E-state index < -0.39 is 0 Å². The molecule has 128 valence electrons. The fraction of sp³-hybridized carbons (Fsp3) is 0.294. The highest BCUT2D eigenvalue weighted by molar-refractivity contribution is 7.98. The summed E-state index contributed by atoms with van der Waals surface area (Å²) >= 11 is 1.64. The summed E-state index contributed by atoms with van der Waals surface area (Å²) < 4.78 is 9.77. The van der Waals surface area contributed by atoms with E-state index in [0.717, 1.165) is 11.3 Å². The van der Waals surface area contributed by atoms with Crippen LogP contribution in [0.25, 0.3) is 0 Å². The first-order chi connectivity index (χ1) is 11.6. The highest BCUT2D eigenvalue weighted by Crippen LogP contribution is 2.18. The monoisotopic (exact) mass is 348 g/mol. The first-order valence-electron chi connectivity index (χ1n) is 7.44. The molecule has 2 rings (SSSR count). The predicted octanol–water partition coefficient (Wildman–Crippen LogP) is 2.79. The number of anilines is 1. The van der Waals surface area contributed by atoms with Gasteiger partial charge in [-0.15, -0.1) is 0 Å². The molecule has 0 radical (unpaired) electrons. The molecule has 0 aliphatic heterocycles. The summed E-state index contributed by atoms with van der Waals surface area (Å²) in [4.78, 5) is 23.2. The van der Waals surface area contributed by atoms with Crippen molar-refractivity contribution in [2.45, 2.75) is 18.7 Å². The maximum Gasteiger partial charge on any atom is 0.306 e. The van der Waals surface area contributed by atoms with E-state index in [-0.39, 0.29) is 18.4 Å². The lowest BCUT2D eigenvalue weighted by Gasteiger charge is -2.06. The van der Waals surface area contributed by atoms with E-state index in [0.29, 0.717) is 29.2 Å². The Hall–Kier alpha value is -2.25. The number of carbonyl (C=O) groups excluding carboxylic acids is 2. The average Bonchev–Trinajstić information content (AvgIpc) is 3.08. The van der Waals surface area contributed by atoms with E-state index >= 15 is 0 Å². The van der Waals surface area contributed by atoms with Crippen LogP contribution in [0, 0.1) is 0 Å². The van der Waals surface area contributed by atoms with Crippen molar-refractivity contribution in [3.8, 4) is 0 Å². The minimum atomic E-state index is -0.242. The predicted molar refractivity (Wildman–Crippen MR) is 93.8 cm³/mol. The van der Waals surface area contributed by atoms with Crippen molar-refractivity contribution in [2.24, 2.45) is 5.73 Å². The van der Waals surface area contributed by atoms with E-state index in [1.807, 2.05) is 24.3 Å². The Bertz CT molecular complexity index is 699. The number of hydrogen-bond donors (Lipinski definition) is 2. The molecule has 3 N–H and O–H groups in total. The molecule has 0 saturated carbocycles. The quantitative estimate of drug-likeness (QED) is 0.563. The van der Waals surface area contributed by atoms with E-state index in [9.17, 15) is 9.59 Å². The number of thioether (sulfide) groups is 1. The van der Waals surface area contributed by atoms with Gasteiger partial charge in [0, 0.05) is 17.2 Å². The van der Waals surface area contributed by atoms with Gasteiger partial charge in [0.2, 0.25) is 0 Å². The lowest BCUT2D eigenvalue weighted by molar-refractivity contribution is -0.140. The summed E-state index contributed by atoms with van der Waals surface area (Å²) in [6.07, 6.45) is 1.78. The molecule has 0 saturated heterocycles. The number of ether oxygens (including phenoxy) is 1. The second-order valence-electron chi connectivity index (χ2n) is 5.04. The second kappa shape index (κ2) is 9.14. The number of rotatable bonds is 8. The molecule has 7 heteroatoms. The Balaban J connectivity index is 1.87. The largest absolute Gasteiger partial charge is 0.469 e. The number of methoxy groups -OCH3 is 1. The number of nitrogens with two attached hydrogens (primary N) is 1. The lowest BCUT2D eigenvalue weighted by atomic mass is 10.2. The van der Waals surface area contributed by atoms with Gasteiger partial charge in [-0.3, -0.25) is 9.59 Å². The molecule has 2 aromatic rings. The lowest BCUT2D eigenvalue weighted by Crippen LogP contribution is -2.11. The van der Waals surface area contributed by atoms with Crippen LogP contribution in [0.3, 0.4) is 0 Å². The van der Waals surface area contributed by atoms with Crippen LogP contribution in [0.2, 0.25) is 0 Å². The molecule has 0 aliphatic rings. The second-order valence-corrected chi connectivity index (χ2v) is 6.14. The summed E-state index contributed by atoms with van der Waals surface area (Å²) in [5, 5.41) is 2.83. The van der Waals surface area contributed by atoms with E-state index in [4.69, 9.17) is 10.2 Å². The Kier molecular flexibility index (Phi) is 6.89. The Morgan fingerprint density at radius 3 is 2.88 bits per heavy atom. The van der Waals surface area contributed by atoms with Crippen LogP contribution in [-0.4, -0.2) is 24.7 Å². The molecule has 1 aromatic heterocycles. The zero-order valence-corrected chi connectivity index (χ0v) is 14.2. The molecule has 1 aromatic carbocycles. The van der Waals surface area contributed by atoms with Gasteiger partial charge in [-0.25, -0.2) is 0 Å². The van der Waals surface area contributed by atoms with Crippen molar-refractivity contribution in [3.05, 3.63) is 53.5 Å². The molecule has 0 bridgehead atoms. The van der Waals surface area contributed by atoms with E-state index in [1.54, 1.807) is 17.8 Å². The Morgan fingerprint density at radius 2 is 2.17 bits per heavy atom. The molecule has 0 unspecified atom stereocenters. The third-order valence-corrected chi connectivity index (χ3v) is 4.28. The van der Waals surface area contributed by atoms with Gasteiger partial charge in [0.25, 0.3) is 5.91 Å². The number of furan rings is 1. The zero-order chi connectivity index (χ0) is 17.4. The van der Waals surface area contributed by atoms with Gasteiger partial charge in [-0.1, -0.05) is 12.1 Å². The molecule has 1 amide bonds. The molecular weight excluding hydrogens is 328 g/mol. The molecule has 6 nitrogen and oxygen atoms in total. The first kappa shape index (κ1) is 18.1. The Morgan fingerprint density at radius 1 is 1.33 bits per heavy atom. The van der Waals surface area contributed by atoms with Gasteiger partial charge in [0.1, 0.15) is 12.0 Å². The number of benzene rings is 1.